The third-order valence-electron chi connectivity index (χ3n) is 2.60. The van der Waals surface area contributed by atoms with E-state index in [9.17, 15) is 4.79 Å². The molecule has 0 fully saturated rings. The minimum atomic E-state index is -0.364. The van der Waals surface area contributed by atoms with Crippen LogP contribution in [0, 0.1) is 0 Å². The topological polar surface area (TPSA) is 78.0 Å². The number of aliphatic hydroxyl groups is 1. The highest BCUT2D eigenvalue weighted by atomic mass is 16.3. The van der Waals surface area contributed by atoms with Crippen molar-refractivity contribution in [1.29, 1.82) is 0 Å². The highest BCUT2D eigenvalue weighted by Crippen LogP contribution is 2.14. The molecule has 0 aromatic carbocycles. The summed E-state index contributed by atoms with van der Waals surface area (Å²) in [5.41, 5.74) is 0.0735. The van der Waals surface area contributed by atoms with E-state index in [1.807, 2.05) is 13.8 Å². The molecule has 0 aliphatic heterocycles. The summed E-state index contributed by atoms with van der Waals surface area (Å²) in [4.78, 5) is 11.7. The van der Waals surface area contributed by atoms with E-state index in [-0.39, 0.29) is 18.1 Å². The molecule has 1 aromatic rings. The SMILES string of the molecule is CCC(C)(CCO)NC(=O)c1ccn[nH]1. The van der Waals surface area contributed by atoms with Gasteiger partial charge in [-0.2, -0.15) is 5.10 Å². The lowest BCUT2D eigenvalue weighted by Crippen LogP contribution is -2.46. The van der Waals surface area contributed by atoms with Crippen molar-refractivity contribution in [2.75, 3.05) is 6.61 Å². The second-order valence-electron chi connectivity index (χ2n) is 3.81. The lowest BCUT2D eigenvalue weighted by atomic mass is 9.95. The predicted octanol–water partition coefficient (Wildman–Crippen LogP) is 0.691. The van der Waals surface area contributed by atoms with Gasteiger partial charge >= 0.3 is 0 Å². The Hall–Kier alpha value is -1.36. The number of aliphatic hydroxyl groups excluding tert-OH is 1. The molecule has 1 heterocycles. The van der Waals surface area contributed by atoms with Crippen molar-refractivity contribution in [3.63, 3.8) is 0 Å². The second-order valence-corrected chi connectivity index (χ2v) is 3.81. The lowest BCUT2D eigenvalue weighted by molar-refractivity contribution is 0.0881. The molecular formula is C10H17N3O2. The van der Waals surface area contributed by atoms with Crippen molar-refractivity contribution < 1.29 is 9.90 Å². The fourth-order valence-electron chi connectivity index (χ4n) is 1.30. The molecule has 0 radical (unpaired) electrons. The number of amides is 1. The van der Waals surface area contributed by atoms with Crippen LogP contribution in [0.5, 0.6) is 0 Å². The van der Waals surface area contributed by atoms with Crippen LogP contribution in [-0.4, -0.2) is 33.4 Å². The summed E-state index contributed by atoms with van der Waals surface area (Å²) in [5, 5.41) is 18.1. The molecule has 84 valence electrons. The van der Waals surface area contributed by atoms with Crippen LogP contribution in [0.2, 0.25) is 0 Å². The van der Waals surface area contributed by atoms with Gasteiger partial charge in [-0.1, -0.05) is 6.92 Å². The number of carbonyl (C=O) groups is 1. The highest BCUT2D eigenvalue weighted by molar-refractivity contribution is 5.92. The van der Waals surface area contributed by atoms with Gasteiger partial charge in [0.1, 0.15) is 5.69 Å². The van der Waals surface area contributed by atoms with Gasteiger partial charge in [0.25, 0.3) is 5.91 Å². The fourth-order valence-corrected chi connectivity index (χ4v) is 1.30. The average molecular weight is 211 g/mol. The maximum Gasteiger partial charge on any atom is 0.269 e. The van der Waals surface area contributed by atoms with Crippen LogP contribution < -0.4 is 5.32 Å². The maximum atomic E-state index is 11.7. The fraction of sp³-hybridized carbons (Fsp3) is 0.600. The molecule has 0 aliphatic carbocycles. The minimum absolute atomic E-state index is 0.0631. The van der Waals surface area contributed by atoms with Crippen LogP contribution in [-0.2, 0) is 0 Å². The minimum Gasteiger partial charge on any atom is -0.396 e. The molecule has 0 spiro atoms. The zero-order chi connectivity index (χ0) is 11.3. The summed E-state index contributed by atoms with van der Waals surface area (Å²) in [6, 6.07) is 1.62. The Morgan fingerprint density at radius 3 is 2.93 bits per heavy atom. The van der Waals surface area contributed by atoms with E-state index in [1.54, 1.807) is 6.07 Å². The second kappa shape index (κ2) is 4.93. The molecule has 1 rings (SSSR count). The standard InChI is InChI=1S/C10H17N3O2/c1-3-10(2,5-7-14)12-9(15)8-4-6-11-13-8/h4,6,14H,3,5,7H2,1-2H3,(H,11,13)(H,12,15). The van der Waals surface area contributed by atoms with Crippen molar-refractivity contribution in [3.05, 3.63) is 18.0 Å². The Morgan fingerprint density at radius 2 is 2.47 bits per heavy atom. The van der Waals surface area contributed by atoms with Gasteiger partial charge in [-0.15, -0.1) is 0 Å². The molecule has 0 saturated heterocycles. The highest BCUT2D eigenvalue weighted by Gasteiger charge is 2.24. The number of rotatable bonds is 5. The van der Waals surface area contributed by atoms with E-state index >= 15 is 0 Å². The molecule has 1 aromatic heterocycles. The van der Waals surface area contributed by atoms with Crippen molar-refractivity contribution >= 4 is 5.91 Å². The summed E-state index contributed by atoms with van der Waals surface area (Å²) in [6.07, 6.45) is 2.85. The van der Waals surface area contributed by atoms with Gasteiger partial charge in [-0.25, -0.2) is 0 Å². The van der Waals surface area contributed by atoms with Crippen LogP contribution in [0.1, 0.15) is 37.2 Å². The van der Waals surface area contributed by atoms with Crippen LogP contribution >= 0.6 is 0 Å². The van der Waals surface area contributed by atoms with E-state index in [0.717, 1.165) is 6.42 Å². The molecule has 1 unspecified atom stereocenters. The smallest absolute Gasteiger partial charge is 0.269 e. The van der Waals surface area contributed by atoms with Gasteiger partial charge in [-0.3, -0.25) is 9.89 Å². The number of H-pyrrole nitrogens is 1. The van der Waals surface area contributed by atoms with E-state index in [1.165, 1.54) is 6.20 Å². The molecule has 0 saturated carbocycles. The first-order valence-electron chi connectivity index (χ1n) is 5.04. The third kappa shape index (κ3) is 3.06. The third-order valence-corrected chi connectivity index (χ3v) is 2.60. The van der Waals surface area contributed by atoms with Gasteiger partial charge in [0.2, 0.25) is 0 Å². The first-order chi connectivity index (χ1) is 7.11. The number of aromatic nitrogens is 2. The molecular weight excluding hydrogens is 194 g/mol. The van der Waals surface area contributed by atoms with Crippen molar-refractivity contribution in [2.45, 2.75) is 32.2 Å². The Kier molecular flexibility index (Phi) is 3.85. The number of hydrogen-bond donors (Lipinski definition) is 3. The van der Waals surface area contributed by atoms with Crippen LogP contribution in [0.15, 0.2) is 12.3 Å². The number of nitrogens with zero attached hydrogens (tertiary/aromatic N) is 1. The average Bonchev–Trinajstić information content (AvgIpc) is 2.71. The molecule has 1 atom stereocenters. The summed E-state index contributed by atoms with van der Waals surface area (Å²) in [5.74, 6) is -0.190. The number of aromatic amines is 1. The van der Waals surface area contributed by atoms with Gasteiger partial charge in [0.15, 0.2) is 0 Å². The Morgan fingerprint density at radius 1 is 1.73 bits per heavy atom. The largest absolute Gasteiger partial charge is 0.396 e. The van der Waals surface area contributed by atoms with Gasteiger partial charge < -0.3 is 10.4 Å². The van der Waals surface area contributed by atoms with Gasteiger partial charge in [0, 0.05) is 18.3 Å². The van der Waals surface area contributed by atoms with Gasteiger partial charge in [-0.05, 0) is 25.8 Å². The summed E-state index contributed by atoms with van der Waals surface area (Å²) >= 11 is 0. The van der Waals surface area contributed by atoms with E-state index in [2.05, 4.69) is 15.5 Å². The van der Waals surface area contributed by atoms with E-state index < -0.39 is 0 Å². The van der Waals surface area contributed by atoms with Crippen LogP contribution in [0.4, 0.5) is 0 Å². The Balaban J connectivity index is 2.63. The molecule has 0 aliphatic rings. The quantitative estimate of drug-likeness (QED) is 0.670. The maximum absolute atomic E-state index is 11.7. The summed E-state index contributed by atoms with van der Waals surface area (Å²) in [7, 11) is 0. The monoisotopic (exact) mass is 211 g/mol. The zero-order valence-corrected chi connectivity index (χ0v) is 9.08. The van der Waals surface area contributed by atoms with Gasteiger partial charge in [0.05, 0.1) is 0 Å². The van der Waals surface area contributed by atoms with Crippen molar-refractivity contribution in [3.8, 4) is 0 Å². The zero-order valence-electron chi connectivity index (χ0n) is 9.08. The van der Waals surface area contributed by atoms with Crippen LogP contribution in [0.3, 0.4) is 0 Å². The van der Waals surface area contributed by atoms with Crippen LogP contribution in [0.25, 0.3) is 0 Å². The first kappa shape index (κ1) is 11.7. The first-order valence-corrected chi connectivity index (χ1v) is 5.04. The number of nitrogens with one attached hydrogen (secondary N) is 2. The van der Waals surface area contributed by atoms with E-state index in [4.69, 9.17) is 5.11 Å². The molecule has 5 nitrogen and oxygen atoms in total. The van der Waals surface area contributed by atoms with Crippen molar-refractivity contribution in [2.24, 2.45) is 0 Å². The summed E-state index contributed by atoms with van der Waals surface area (Å²) in [6.45, 7) is 3.95. The van der Waals surface area contributed by atoms with Crippen molar-refractivity contribution in [1.82, 2.24) is 15.5 Å². The Bertz CT molecular complexity index is 310. The lowest BCUT2D eigenvalue weighted by Gasteiger charge is -2.28. The molecule has 5 heteroatoms. The number of carbonyl (C=O) groups excluding carboxylic acids is 1. The van der Waals surface area contributed by atoms with E-state index in [0.29, 0.717) is 12.1 Å². The molecule has 15 heavy (non-hydrogen) atoms. The normalized spacial score (nSPS) is 14.6. The molecule has 0 bridgehead atoms. The predicted molar refractivity (Wildman–Crippen MR) is 56.5 cm³/mol. The molecule has 3 N–H and O–H groups in total. The summed E-state index contributed by atoms with van der Waals surface area (Å²) < 4.78 is 0. The number of hydrogen-bond acceptors (Lipinski definition) is 3. The Labute approximate surface area is 88.9 Å². The molecule has 1 amide bonds.